The summed E-state index contributed by atoms with van der Waals surface area (Å²) in [5.41, 5.74) is 7.48. The maximum absolute atomic E-state index is 8.88. The Morgan fingerprint density at radius 1 is 1.47 bits per heavy atom. The van der Waals surface area contributed by atoms with Crippen LogP contribution in [0.3, 0.4) is 0 Å². The number of rotatable bonds is 6. The molecule has 19 heavy (non-hydrogen) atoms. The molecule has 3 N–H and O–H groups in total. The van der Waals surface area contributed by atoms with Crippen molar-refractivity contribution < 1.29 is 9.84 Å². The van der Waals surface area contributed by atoms with Crippen molar-refractivity contribution in [2.45, 2.75) is 24.3 Å². The number of methoxy groups -OCH3 is 1. The zero-order chi connectivity index (χ0) is 14.1. The molecule has 0 aliphatic heterocycles. The zero-order valence-corrected chi connectivity index (χ0v) is 12.3. The van der Waals surface area contributed by atoms with E-state index in [1.54, 1.807) is 7.11 Å². The van der Waals surface area contributed by atoms with Gasteiger partial charge in [0.15, 0.2) is 0 Å². The molecule has 1 aromatic rings. The minimum atomic E-state index is 0.240. The molecule has 0 heterocycles. The molecule has 0 fully saturated rings. The monoisotopic (exact) mass is 279 g/mol. The Balaban J connectivity index is 2.74. The lowest BCUT2D eigenvalue weighted by Gasteiger charge is -2.10. The van der Waals surface area contributed by atoms with Crippen LogP contribution in [0, 0.1) is 11.8 Å². The van der Waals surface area contributed by atoms with Gasteiger partial charge in [-0.25, -0.2) is 0 Å². The molecule has 104 valence electrons. The summed E-state index contributed by atoms with van der Waals surface area (Å²) >= 11 is 1.83. The average Bonchev–Trinajstić information content (AvgIpc) is 2.43. The maximum Gasteiger partial charge on any atom is 0.134 e. The molecule has 0 aromatic heterocycles. The first-order valence-electron chi connectivity index (χ1n) is 6.29. The van der Waals surface area contributed by atoms with Gasteiger partial charge in [-0.15, -0.1) is 0 Å². The van der Waals surface area contributed by atoms with E-state index in [4.69, 9.17) is 15.6 Å². The van der Waals surface area contributed by atoms with Crippen LogP contribution < -0.4 is 10.5 Å². The molecule has 0 amide bonds. The number of nitrogens with two attached hydrogens (primary N) is 1. The lowest BCUT2D eigenvalue weighted by Crippen LogP contribution is -2.00. The van der Waals surface area contributed by atoms with Gasteiger partial charge in [-0.05, 0) is 24.1 Å². The van der Waals surface area contributed by atoms with Crippen molar-refractivity contribution in [3.05, 3.63) is 29.3 Å². The molecule has 0 bridgehead atoms. The van der Waals surface area contributed by atoms with Crippen LogP contribution in [-0.2, 0) is 5.75 Å². The van der Waals surface area contributed by atoms with Gasteiger partial charge in [0.25, 0.3) is 0 Å². The Morgan fingerprint density at radius 2 is 2.26 bits per heavy atom. The molecule has 1 atom stereocenters. The van der Waals surface area contributed by atoms with Crippen LogP contribution in [0.2, 0.25) is 0 Å². The van der Waals surface area contributed by atoms with Crippen molar-refractivity contribution in [1.29, 1.82) is 0 Å². The van der Waals surface area contributed by atoms with Gasteiger partial charge >= 0.3 is 0 Å². The number of thioether (sulfide) groups is 1. The second kappa shape index (κ2) is 8.87. The van der Waals surface area contributed by atoms with Crippen molar-refractivity contribution in [3.63, 3.8) is 0 Å². The Kier molecular flexibility index (Phi) is 7.42. The average molecular weight is 279 g/mol. The predicted octanol–water partition coefficient (Wildman–Crippen LogP) is 2.01. The minimum absolute atomic E-state index is 0.240. The van der Waals surface area contributed by atoms with E-state index in [1.165, 1.54) is 5.56 Å². The predicted molar refractivity (Wildman–Crippen MR) is 81.4 cm³/mol. The van der Waals surface area contributed by atoms with E-state index in [1.807, 2.05) is 30.0 Å². The molecule has 1 rings (SSSR count). The number of aliphatic hydroxyl groups excluding tert-OH is 1. The highest BCUT2D eigenvalue weighted by Crippen LogP contribution is 2.24. The van der Waals surface area contributed by atoms with E-state index >= 15 is 0 Å². The minimum Gasteiger partial charge on any atom is -0.495 e. The fourth-order valence-corrected chi connectivity index (χ4v) is 2.52. The van der Waals surface area contributed by atoms with Crippen LogP contribution in [0.4, 0.5) is 0 Å². The van der Waals surface area contributed by atoms with Gasteiger partial charge < -0.3 is 15.6 Å². The molecule has 0 spiro atoms. The van der Waals surface area contributed by atoms with Crippen LogP contribution in [-0.4, -0.2) is 30.6 Å². The van der Waals surface area contributed by atoms with E-state index in [9.17, 15) is 0 Å². The highest BCUT2D eigenvalue weighted by Gasteiger charge is 2.05. The van der Waals surface area contributed by atoms with Crippen molar-refractivity contribution in [2.24, 2.45) is 5.73 Å². The fourth-order valence-electron chi connectivity index (χ4n) is 1.59. The molecular weight excluding hydrogens is 258 g/mol. The van der Waals surface area contributed by atoms with Crippen LogP contribution in [0.25, 0.3) is 0 Å². The molecule has 0 aliphatic carbocycles. The van der Waals surface area contributed by atoms with Crippen LogP contribution >= 0.6 is 11.8 Å². The van der Waals surface area contributed by atoms with Crippen LogP contribution in [0.15, 0.2) is 18.2 Å². The van der Waals surface area contributed by atoms with Crippen molar-refractivity contribution in [1.82, 2.24) is 0 Å². The first-order valence-corrected chi connectivity index (χ1v) is 7.34. The zero-order valence-electron chi connectivity index (χ0n) is 11.5. The van der Waals surface area contributed by atoms with Gasteiger partial charge in [0.1, 0.15) is 5.75 Å². The summed E-state index contributed by atoms with van der Waals surface area (Å²) in [5.74, 6) is 7.56. The van der Waals surface area contributed by atoms with Gasteiger partial charge in [-0.2, -0.15) is 11.8 Å². The molecule has 0 saturated heterocycles. The number of hydrogen-bond acceptors (Lipinski definition) is 4. The summed E-state index contributed by atoms with van der Waals surface area (Å²) in [6.07, 6.45) is 0.820. The molecule has 4 heteroatoms. The van der Waals surface area contributed by atoms with E-state index < -0.39 is 0 Å². The second-order valence-corrected chi connectivity index (χ2v) is 5.60. The largest absolute Gasteiger partial charge is 0.495 e. The first-order chi connectivity index (χ1) is 9.21. The summed E-state index contributed by atoms with van der Waals surface area (Å²) in [4.78, 5) is 0. The van der Waals surface area contributed by atoms with Crippen molar-refractivity contribution >= 4 is 11.8 Å². The molecule has 0 radical (unpaired) electrons. The lowest BCUT2D eigenvalue weighted by atomic mass is 10.1. The number of benzene rings is 1. The van der Waals surface area contributed by atoms with Crippen LogP contribution in [0.5, 0.6) is 5.75 Å². The number of aliphatic hydroxyl groups is 1. The summed E-state index contributed by atoms with van der Waals surface area (Å²) < 4.78 is 5.28. The summed E-state index contributed by atoms with van der Waals surface area (Å²) in [5, 5.41) is 9.33. The molecular formula is C15H21NO2S. The third kappa shape index (κ3) is 5.56. The Bertz CT molecular complexity index is 451. The third-order valence-corrected chi connectivity index (χ3v) is 3.96. The third-order valence-electron chi connectivity index (χ3n) is 2.66. The molecule has 1 aromatic carbocycles. The van der Waals surface area contributed by atoms with E-state index in [0.717, 1.165) is 23.5 Å². The smallest absolute Gasteiger partial charge is 0.134 e. The van der Waals surface area contributed by atoms with Crippen LogP contribution in [0.1, 0.15) is 24.5 Å². The molecule has 0 saturated carbocycles. The van der Waals surface area contributed by atoms with Gasteiger partial charge in [0.2, 0.25) is 0 Å². The van der Waals surface area contributed by atoms with Gasteiger partial charge in [-0.1, -0.05) is 24.8 Å². The summed E-state index contributed by atoms with van der Waals surface area (Å²) in [6, 6.07) is 6.03. The fraction of sp³-hybridized carbons (Fsp3) is 0.467. The van der Waals surface area contributed by atoms with Gasteiger partial charge in [0.05, 0.1) is 19.2 Å². The van der Waals surface area contributed by atoms with E-state index in [0.29, 0.717) is 11.8 Å². The Labute approximate surface area is 119 Å². The SMILES string of the molecule is COc1ccc(CSC(C)CCO)cc1C#CCN. The molecule has 3 nitrogen and oxygen atoms in total. The summed E-state index contributed by atoms with van der Waals surface area (Å²) in [7, 11) is 1.64. The van der Waals surface area contributed by atoms with Crippen molar-refractivity contribution in [2.75, 3.05) is 20.3 Å². The van der Waals surface area contributed by atoms with Gasteiger partial charge in [0, 0.05) is 17.6 Å². The highest BCUT2D eigenvalue weighted by atomic mass is 32.2. The number of hydrogen-bond donors (Lipinski definition) is 2. The second-order valence-electron chi connectivity index (χ2n) is 4.17. The van der Waals surface area contributed by atoms with Gasteiger partial charge in [-0.3, -0.25) is 0 Å². The highest BCUT2D eigenvalue weighted by molar-refractivity contribution is 7.99. The quantitative estimate of drug-likeness (QED) is 0.782. The molecule has 1 unspecified atom stereocenters. The van der Waals surface area contributed by atoms with Crippen molar-refractivity contribution in [3.8, 4) is 17.6 Å². The first kappa shape index (κ1) is 15.9. The standard InChI is InChI=1S/C15H21NO2S/c1-12(7-9-17)19-11-13-5-6-15(18-2)14(10-13)4-3-8-16/h5-6,10,12,17H,7-9,11,16H2,1-2H3. The Hall–Kier alpha value is -1.15. The number of ether oxygens (including phenoxy) is 1. The summed E-state index contributed by atoms with van der Waals surface area (Å²) in [6.45, 7) is 2.71. The van der Waals surface area contributed by atoms with E-state index in [-0.39, 0.29) is 6.61 Å². The topological polar surface area (TPSA) is 55.5 Å². The maximum atomic E-state index is 8.88. The normalized spacial score (nSPS) is 11.6. The molecule has 0 aliphatic rings. The Morgan fingerprint density at radius 3 is 2.89 bits per heavy atom. The van der Waals surface area contributed by atoms with E-state index in [2.05, 4.69) is 18.8 Å². The lowest BCUT2D eigenvalue weighted by molar-refractivity contribution is 0.289.